The summed E-state index contributed by atoms with van der Waals surface area (Å²) in [7, 11) is 1.67. The highest BCUT2D eigenvalue weighted by Gasteiger charge is 2.22. The summed E-state index contributed by atoms with van der Waals surface area (Å²) in [6.07, 6.45) is 1.48. The molecule has 4 aromatic rings. The van der Waals surface area contributed by atoms with E-state index in [-0.39, 0.29) is 11.2 Å². The maximum Gasteiger partial charge on any atom is 0.332 e. The van der Waals surface area contributed by atoms with E-state index < -0.39 is 0 Å². The molecule has 0 spiro atoms. The summed E-state index contributed by atoms with van der Waals surface area (Å²) in [5, 5.41) is 4.58. The summed E-state index contributed by atoms with van der Waals surface area (Å²) in [5.74, 6) is 1.02. The van der Waals surface area contributed by atoms with Gasteiger partial charge in [-0.25, -0.2) is 9.48 Å². The van der Waals surface area contributed by atoms with Gasteiger partial charge in [-0.2, -0.15) is 10.1 Å². The van der Waals surface area contributed by atoms with Crippen molar-refractivity contribution in [1.82, 2.24) is 28.5 Å². The van der Waals surface area contributed by atoms with Gasteiger partial charge in [0.15, 0.2) is 11.2 Å². The van der Waals surface area contributed by atoms with Gasteiger partial charge in [-0.1, -0.05) is 44.2 Å². The number of nitrogens with zero attached hydrogens (tertiary/aromatic N) is 6. The second-order valence-corrected chi connectivity index (χ2v) is 8.79. The summed E-state index contributed by atoms with van der Waals surface area (Å²) in [5.41, 5.74) is 3.07. The minimum absolute atomic E-state index is 0.303. The van der Waals surface area contributed by atoms with Crippen molar-refractivity contribution in [1.29, 1.82) is 0 Å². The summed E-state index contributed by atoms with van der Waals surface area (Å²) in [6, 6.07) is 11.9. The Labute approximate surface area is 186 Å². The van der Waals surface area contributed by atoms with Crippen LogP contribution < -0.4 is 11.2 Å². The lowest BCUT2D eigenvalue weighted by atomic mass is 10.1. The van der Waals surface area contributed by atoms with Gasteiger partial charge < -0.3 is 4.57 Å². The van der Waals surface area contributed by atoms with Crippen LogP contribution in [0.25, 0.3) is 17.1 Å². The Bertz CT molecular complexity index is 1370. The van der Waals surface area contributed by atoms with Crippen LogP contribution in [0.4, 0.5) is 0 Å². The predicted octanol–water partition coefficient (Wildman–Crippen LogP) is 2.99. The Hall–Kier alpha value is -3.42. The molecule has 4 rings (SSSR count). The Morgan fingerprint density at radius 3 is 2.34 bits per heavy atom. The minimum atomic E-state index is -0.355. The lowest BCUT2D eigenvalue weighted by molar-refractivity contribution is 0.511. The molecule has 0 N–H and O–H groups in total. The van der Waals surface area contributed by atoms with Crippen LogP contribution in [0.1, 0.15) is 37.2 Å². The topological polar surface area (TPSA) is 79.6 Å². The molecule has 0 radical (unpaired) electrons. The van der Waals surface area contributed by atoms with Crippen molar-refractivity contribution in [3.8, 4) is 5.95 Å². The summed E-state index contributed by atoms with van der Waals surface area (Å²) < 4.78 is 6.49. The number of hydrogen-bond donors (Lipinski definition) is 0. The predicted molar refractivity (Wildman–Crippen MR) is 125 cm³/mol. The van der Waals surface area contributed by atoms with E-state index in [1.54, 1.807) is 11.7 Å². The SMILES string of the molecule is Cc1cc(C)n(-c2nc3c(c(=O)n(CCc4ccccc4)c(=O)n3C)n2CCC(C)C)n1. The molecule has 0 aliphatic carbocycles. The Morgan fingerprint density at radius 1 is 1.00 bits per heavy atom. The Balaban J connectivity index is 1.91. The van der Waals surface area contributed by atoms with Gasteiger partial charge in [0.2, 0.25) is 5.95 Å². The molecule has 0 amide bonds. The highest BCUT2D eigenvalue weighted by Crippen LogP contribution is 2.19. The molecule has 168 valence electrons. The first-order chi connectivity index (χ1) is 15.3. The third-order valence-corrected chi connectivity index (χ3v) is 5.81. The van der Waals surface area contributed by atoms with E-state index in [1.807, 2.05) is 54.8 Å². The van der Waals surface area contributed by atoms with Crippen LogP contribution in [0, 0.1) is 19.8 Å². The van der Waals surface area contributed by atoms with Crippen LogP contribution in [0.2, 0.25) is 0 Å². The number of aromatic nitrogens is 6. The number of imidazole rings is 1. The Kier molecular flexibility index (Phi) is 5.86. The normalized spacial score (nSPS) is 11.7. The van der Waals surface area contributed by atoms with E-state index in [0.717, 1.165) is 23.4 Å². The van der Waals surface area contributed by atoms with Crippen LogP contribution in [0.3, 0.4) is 0 Å². The number of rotatable bonds is 7. The number of hydrogen-bond acceptors (Lipinski definition) is 4. The molecule has 8 heteroatoms. The quantitative estimate of drug-likeness (QED) is 0.448. The molecule has 3 aromatic heterocycles. The molecule has 0 atom stereocenters. The second-order valence-electron chi connectivity index (χ2n) is 8.79. The van der Waals surface area contributed by atoms with Gasteiger partial charge in [0.05, 0.1) is 5.69 Å². The standard InChI is InChI=1S/C24H30N6O2/c1-16(2)11-13-28-20-21(25-23(28)30-18(4)15-17(3)26-30)27(5)24(32)29(22(20)31)14-12-19-9-7-6-8-10-19/h6-10,15-16H,11-14H2,1-5H3. The fourth-order valence-corrected chi connectivity index (χ4v) is 4.03. The number of fused-ring (bicyclic) bond motifs is 1. The van der Waals surface area contributed by atoms with Crippen molar-refractivity contribution >= 4 is 11.2 Å². The molecule has 32 heavy (non-hydrogen) atoms. The first-order valence-corrected chi connectivity index (χ1v) is 11.1. The number of aryl methyl sites for hydroxylation is 5. The van der Waals surface area contributed by atoms with Crippen LogP contribution in [0.5, 0.6) is 0 Å². The summed E-state index contributed by atoms with van der Waals surface area (Å²) in [4.78, 5) is 31.4. The zero-order valence-corrected chi connectivity index (χ0v) is 19.4. The van der Waals surface area contributed by atoms with Crippen molar-refractivity contribution in [2.75, 3.05) is 0 Å². The molecule has 0 saturated carbocycles. The molecular formula is C24H30N6O2. The number of benzene rings is 1. The minimum Gasteiger partial charge on any atom is -0.302 e. The second kappa shape index (κ2) is 8.61. The maximum atomic E-state index is 13.6. The van der Waals surface area contributed by atoms with E-state index in [9.17, 15) is 9.59 Å². The maximum absolute atomic E-state index is 13.6. The monoisotopic (exact) mass is 434 g/mol. The van der Waals surface area contributed by atoms with Gasteiger partial charge >= 0.3 is 5.69 Å². The molecular weight excluding hydrogens is 404 g/mol. The zero-order chi connectivity index (χ0) is 23.0. The fraction of sp³-hybridized carbons (Fsp3) is 0.417. The van der Waals surface area contributed by atoms with Gasteiger partial charge in [0.1, 0.15) is 0 Å². The third-order valence-electron chi connectivity index (χ3n) is 5.81. The van der Waals surface area contributed by atoms with E-state index in [1.165, 1.54) is 9.13 Å². The molecule has 0 fully saturated rings. The molecule has 0 unspecified atom stereocenters. The average molecular weight is 435 g/mol. The van der Waals surface area contributed by atoms with Crippen molar-refractivity contribution in [2.45, 2.75) is 53.6 Å². The van der Waals surface area contributed by atoms with Crippen molar-refractivity contribution < 1.29 is 0 Å². The van der Waals surface area contributed by atoms with Crippen LogP contribution in [0.15, 0.2) is 46.0 Å². The summed E-state index contributed by atoms with van der Waals surface area (Å²) in [6.45, 7) is 9.12. The molecule has 8 nitrogen and oxygen atoms in total. The largest absolute Gasteiger partial charge is 0.332 e. The third kappa shape index (κ3) is 3.92. The van der Waals surface area contributed by atoms with E-state index in [2.05, 4.69) is 18.9 Å². The van der Waals surface area contributed by atoms with E-state index in [0.29, 0.717) is 42.5 Å². The smallest absolute Gasteiger partial charge is 0.302 e. The van der Waals surface area contributed by atoms with Crippen LogP contribution >= 0.6 is 0 Å². The lowest BCUT2D eigenvalue weighted by Crippen LogP contribution is -2.40. The molecule has 0 aliphatic heterocycles. The zero-order valence-electron chi connectivity index (χ0n) is 19.4. The van der Waals surface area contributed by atoms with Crippen LogP contribution in [-0.4, -0.2) is 28.5 Å². The van der Waals surface area contributed by atoms with Crippen molar-refractivity contribution in [3.05, 3.63) is 74.2 Å². The molecule has 1 aromatic carbocycles. The molecule has 0 saturated heterocycles. The van der Waals surface area contributed by atoms with Gasteiger partial charge in [-0.3, -0.25) is 13.9 Å². The lowest BCUT2D eigenvalue weighted by Gasteiger charge is -2.12. The van der Waals surface area contributed by atoms with Gasteiger partial charge in [-0.15, -0.1) is 0 Å². The van der Waals surface area contributed by atoms with E-state index in [4.69, 9.17) is 4.98 Å². The Morgan fingerprint density at radius 2 is 1.72 bits per heavy atom. The first kappa shape index (κ1) is 21.8. The highest BCUT2D eigenvalue weighted by molar-refractivity contribution is 5.72. The van der Waals surface area contributed by atoms with Gasteiger partial charge in [0, 0.05) is 25.8 Å². The molecule has 0 bridgehead atoms. The molecule has 0 aliphatic rings. The van der Waals surface area contributed by atoms with Crippen molar-refractivity contribution in [2.24, 2.45) is 13.0 Å². The van der Waals surface area contributed by atoms with Crippen LogP contribution in [-0.2, 0) is 26.6 Å². The fourth-order valence-electron chi connectivity index (χ4n) is 4.03. The van der Waals surface area contributed by atoms with Gasteiger partial charge in [-0.05, 0) is 44.2 Å². The van der Waals surface area contributed by atoms with E-state index >= 15 is 0 Å². The highest BCUT2D eigenvalue weighted by atomic mass is 16.2. The van der Waals surface area contributed by atoms with Crippen molar-refractivity contribution in [3.63, 3.8) is 0 Å². The molecule has 3 heterocycles. The first-order valence-electron chi connectivity index (χ1n) is 11.1. The van der Waals surface area contributed by atoms with Gasteiger partial charge in [0.25, 0.3) is 5.56 Å². The summed E-state index contributed by atoms with van der Waals surface area (Å²) >= 11 is 0. The average Bonchev–Trinajstić information content (AvgIpc) is 3.30.